The SMILES string of the molecule is CC(C)(C)OC(=O)N1CCC2(CC1)COc1cc(Nc3ccc(OCc4ccccc4)nc3OCc3ccccc3)cc(F)c12. The van der Waals surface area contributed by atoms with E-state index in [0.29, 0.717) is 80.2 Å². The molecule has 0 aliphatic carbocycles. The number of amides is 1. The number of ether oxygens (including phenoxy) is 4. The van der Waals surface area contributed by atoms with Gasteiger partial charge in [0.05, 0.1) is 6.61 Å². The third kappa shape index (κ3) is 7.14. The van der Waals surface area contributed by atoms with Gasteiger partial charge < -0.3 is 29.2 Å². The van der Waals surface area contributed by atoms with Crippen molar-refractivity contribution >= 4 is 17.5 Å². The minimum Gasteiger partial charge on any atom is -0.492 e. The van der Waals surface area contributed by atoms with Crippen molar-refractivity contribution in [1.82, 2.24) is 9.88 Å². The molecule has 0 atom stereocenters. The number of anilines is 2. The summed E-state index contributed by atoms with van der Waals surface area (Å²) in [6.45, 7) is 7.53. The highest BCUT2D eigenvalue weighted by Crippen LogP contribution is 2.48. The summed E-state index contributed by atoms with van der Waals surface area (Å²) in [6.07, 6.45) is 0.843. The molecule has 0 unspecified atom stereocenters. The van der Waals surface area contributed by atoms with Crippen LogP contribution in [0.4, 0.5) is 20.6 Å². The highest BCUT2D eigenvalue weighted by molar-refractivity contribution is 5.69. The van der Waals surface area contributed by atoms with Crippen LogP contribution in [0, 0.1) is 5.82 Å². The van der Waals surface area contributed by atoms with Crippen molar-refractivity contribution in [3.8, 4) is 17.5 Å². The number of pyridine rings is 1. The number of nitrogens with zero attached hydrogens (tertiary/aromatic N) is 2. The van der Waals surface area contributed by atoms with Gasteiger partial charge in [0.25, 0.3) is 0 Å². The summed E-state index contributed by atoms with van der Waals surface area (Å²) in [5.41, 5.74) is 2.60. The van der Waals surface area contributed by atoms with E-state index in [1.807, 2.05) is 93.6 Å². The van der Waals surface area contributed by atoms with Gasteiger partial charge in [0.2, 0.25) is 11.8 Å². The number of fused-ring (bicyclic) bond motifs is 2. The molecule has 2 aliphatic heterocycles. The number of halogens is 1. The molecular weight excluding hydrogens is 573 g/mol. The molecule has 1 N–H and O–H groups in total. The first-order valence-corrected chi connectivity index (χ1v) is 15.2. The monoisotopic (exact) mass is 611 g/mol. The van der Waals surface area contributed by atoms with Gasteiger partial charge in [0, 0.05) is 41.9 Å². The molecule has 0 saturated carbocycles. The number of carbonyl (C=O) groups excluding carboxylic acids is 1. The van der Waals surface area contributed by atoms with Crippen molar-refractivity contribution in [3.63, 3.8) is 0 Å². The Labute approximate surface area is 263 Å². The summed E-state index contributed by atoms with van der Waals surface area (Å²) in [5.74, 6) is 0.902. The van der Waals surface area contributed by atoms with Gasteiger partial charge in [-0.25, -0.2) is 9.18 Å². The Balaban J connectivity index is 1.19. The first-order chi connectivity index (χ1) is 21.7. The predicted octanol–water partition coefficient (Wildman–Crippen LogP) is 7.78. The van der Waals surface area contributed by atoms with E-state index in [4.69, 9.17) is 18.9 Å². The fraction of sp³-hybridized carbons (Fsp3) is 0.333. The summed E-state index contributed by atoms with van der Waals surface area (Å²) in [7, 11) is 0. The molecule has 6 rings (SSSR count). The Bertz CT molecular complexity index is 1630. The molecule has 45 heavy (non-hydrogen) atoms. The maximum Gasteiger partial charge on any atom is 0.410 e. The van der Waals surface area contributed by atoms with E-state index in [9.17, 15) is 4.79 Å². The maximum absolute atomic E-state index is 15.9. The molecule has 8 nitrogen and oxygen atoms in total. The standard InChI is InChI=1S/C36H38FN3O5/c1-35(2,3)45-34(41)40-18-16-36(17-19-40)24-44-30-21-27(20-28(37)32(30)36)38-29-14-15-31(42-22-25-10-6-4-7-11-25)39-33(29)43-23-26-12-8-5-9-13-26/h4-15,20-21,38H,16-19,22-24H2,1-3H3. The van der Waals surface area contributed by atoms with Crippen molar-refractivity contribution in [1.29, 1.82) is 0 Å². The average molecular weight is 612 g/mol. The molecule has 9 heteroatoms. The molecule has 3 heterocycles. The largest absolute Gasteiger partial charge is 0.492 e. The quantitative estimate of drug-likeness (QED) is 0.218. The van der Waals surface area contributed by atoms with E-state index in [1.165, 1.54) is 6.07 Å². The van der Waals surface area contributed by atoms with Crippen LogP contribution in [0.1, 0.15) is 50.3 Å². The number of piperidine rings is 1. The van der Waals surface area contributed by atoms with Crippen LogP contribution in [0.15, 0.2) is 84.9 Å². The molecule has 1 amide bonds. The van der Waals surface area contributed by atoms with Crippen molar-refractivity contribution in [2.75, 3.05) is 25.0 Å². The summed E-state index contributed by atoms with van der Waals surface area (Å²) in [6, 6.07) is 26.5. The first-order valence-electron chi connectivity index (χ1n) is 15.2. The van der Waals surface area contributed by atoms with E-state index < -0.39 is 11.0 Å². The second kappa shape index (κ2) is 12.7. The van der Waals surface area contributed by atoms with E-state index in [1.54, 1.807) is 11.0 Å². The molecule has 3 aromatic carbocycles. The zero-order valence-corrected chi connectivity index (χ0v) is 25.8. The lowest BCUT2D eigenvalue weighted by Crippen LogP contribution is -2.47. The Kier molecular flexibility index (Phi) is 8.52. The van der Waals surface area contributed by atoms with E-state index in [-0.39, 0.29) is 11.9 Å². The number of aromatic nitrogens is 1. The maximum atomic E-state index is 15.9. The first kappa shape index (κ1) is 30.2. The van der Waals surface area contributed by atoms with Crippen LogP contribution in [-0.2, 0) is 23.4 Å². The van der Waals surface area contributed by atoms with Crippen molar-refractivity contribution in [2.45, 2.75) is 57.8 Å². The third-order valence-corrected chi connectivity index (χ3v) is 8.02. The lowest BCUT2D eigenvalue weighted by molar-refractivity contribution is 0.0151. The highest BCUT2D eigenvalue weighted by Gasteiger charge is 2.46. The van der Waals surface area contributed by atoms with Gasteiger partial charge >= 0.3 is 6.09 Å². The number of rotatable bonds is 8. The number of hydrogen-bond acceptors (Lipinski definition) is 7. The molecule has 2 aliphatic rings. The smallest absolute Gasteiger partial charge is 0.410 e. The molecular formula is C36H38FN3O5. The Morgan fingerprint density at radius 2 is 1.58 bits per heavy atom. The van der Waals surface area contributed by atoms with Gasteiger partial charge in [0.1, 0.15) is 36.1 Å². The van der Waals surface area contributed by atoms with Gasteiger partial charge in [-0.05, 0) is 56.9 Å². The minimum absolute atomic E-state index is 0.301. The molecule has 0 bridgehead atoms. The van der Waals surface area contributed by atoms with E-state index in [2.05, 4.69) is 10.3 Å². The van der Waals surface area contributed by atoms with Gasteiger partial charge in [-0.2, -0.15) is 4.98 Å². The number of carbonyl (C=O) groups is 1. The van der Waals surface area contributed by atoms with Gasteiger partial charge in [-0.1, -0.05) is 60.7 Å². The molecule has 4 aromatic rings. The van der Waals surface area contributed by atoms with Crippen molar-refractivity contribution in [2.24, 2.45) is 0 Å². The fourth-order valence-electron chi connectivity index (χ4n) is 5.73. The molecule has 1 aromatic heterocycles. The average Bonchev–Trinajstić information content (AvgIpc) is 3.38. The third-order valence-electron chi connectivity index (χ3n) is 8.02. The summed E-state index contributed by atoms with van der Waals surface area (Å²) >= 11 is 0. The Morgan fingerprint density at radius 3 is 2.22 bits per heavy atom. The molecule has 0 radical (unpaired) electrons. The highest BCUT2D eigenvalue weighted by atomic mass is 19.1. The zero-order valence-electron chi connectivity index (χ0n) is 25.8. The Morgan fingerprint density at radius 1 is 0.933 bits per heavy atom. The number of likely N-dealkylation sites (tertiary alicyclic amines) is 1. The number of hydrogen-bond donors (Lipinski definition) is 1. The molecule has 1 saturated heterocycles. The van der Waals surface area contributed by atoms with Gasteiger partial charge in [-0.3, -0.25) is 0 Å². The van der Waals surface area contributed by atoms with Crippen LogP contribution in [0.2, 0.25) is 0 Å². The topological polar surface area (TPSA) is 82.2 Å². The number of nitrogens with one attached hydrogen (secondary N) is 1. The summed E-state index contributed by atoms with van der Waals surface area (Å²) < 4.78 is 39.6. The van der Waals surface area contributed by atoms with E-state index in [0.717, 1.165) is 11.1 Å². The fourth-order valence-corrected chi connectivity index (χ4v) is 5.73. The second-order valence-corrected chi connectivity index (χ2v) is 12.5. The molecule has 1 spiro atoms. The van der Waals surface area contributed by atoms with Gasteiger partial charge in [-0.15, -0.1) is 0 Å². The zero-order chi connectivity index (χ0) is 31.4. The van der Waals surface area contributed by atoms with Crippen LogP contribution in [0.5, 0.6) is 17.5 Å². The second-order valence-electron chi connectivity index (χ2n) is 12.5. The lowest BCUT2D eigenvalue weighted by atomic mass is 9.74. The molecule has 234 valence electrons. The van der Waals surface area contributed by atoms with Gasteiger partial charge in [0.15, 0.2) is 0 Å². The van der Waals surface area contributed by atoms with Crippen LogP contribution in [-0.4, -0.2) is 41.3 Å². The predicted molar refractivity (Wildman–Crippen MR) is 170 cm³/mol. The van der Waals surface area contributed by atoms with Crippen LogP contribution >= 0.6 is 0 Å². The molecule has 1 fully saturated rings. The van der Waals surface area contributed by atoms with Crippen molar-refractivity contribution < 1.29 is 28.1 Å². The van der Waals surface area contributed by atoms with Crippen molar-refractivity contribution in [3.05, 3.63) is 107 Å². The Hall–Kier alpha value is -4.79. The van der Waals surface area contributed by atoms with E-state index >= 15 is 4.39 Å². The lowest BCUT2D eigenvalue weighted by Gasteiger charge is -2.39. The van der Waals surface area contributed by atoms with Crippen LogP contribution < -0.4 is 19.5 Å². The summed E-state index contributed by atoms with van der Waals surface area (Å²) in [5, 5.41) is 3.28. The number of benzene rings is 3. The minimum atomic E-state index is -0.567. The summed E-state index contributed by atoms with van der Waals surface area (Å²) in [4.78, 5) is 18.9. The van der Waals surface area contributed by atoms with Crippen LogP contribution in [0.25, 0.3) is 0 Å². The normalized spacial score (nSPS) is 15.2. The van der Waals surface area contributed by atoms with Crippen LogP contribution in [0.3, 0.4) is 0 Å².